The number of pyridine rings is 1. The molecule has 0 atom stereocenters. The Morgan fingerprint density at radius 2 is 2.27 bits per heavy atom. The summed E-state index contributed by atoms with van der Waals surface area (Å²) in [7, 11) is 0. The average molecular weight is 347 g/mol. The number of carboxylic acid groups (broad SMARTS) is 1. The Morgan fingerprint density at radius 1 is 1.67 bits per heavy atom. The van der Waals surface area contributed by atoms with Gasteiger partial charge in [-0.3, -0.25) is 0 Å². The zero-order chi connectivity index (χ0) is 11.6. The summed E-state index contributed by atoms with van der Waals surface area (Å²) >= 11 is 7.28. The van der Waals surface area contributed by atoms with Crippen molar-refractivity contribution < 1.29 is 18.7 Å². The maximum atomic E-state index is 12.5. The van der Waals surface area contributed by atoms with Gasteiger partial charge in [0, 0.05) is 3.57 Å². The third-order valence-corrected chi connectivity index (χ3v) is 2.83. The Labute approximate surface area is 103 Å². The van der Waals surface area contributed by atoms with Crippen molar-refractivity contribution in [2.45, 2.75) is 12.3 Å². The summed E-state index contributed by atoms with van der Waals surface area (Å²) < 4.78 is 25.4. The Kier molecular flexibility index (Phi) is 4.21. The van der Waals surface area contributed by atoms with Gasteiger partial charge in [0.05, 0.1) is 17.1 Å². The van der Waals surface area contributed by atoms with E-state index in [1.54, 1.807) is 22.6 Å². The van der Waals surface area contributed by atoms with Crippen molar-refractivity contribution in [3.05, 3.63) is 26.6 Å². The Bertz CT molecular complexity index is 400. The fourth-order valence-corrected chi connectivity index (χ4v) is 2.05. The molecule has 1 aromatic heterocycles. The van der Waals surface area contributed by atoms with Crippen LogP contribution in [0.4, 0.5) is 8.78 Å². The first-order valence-corrected chi connectivity index (χ1v) is 5.35. The van der Waals surface area contributed by atoms with Crippen LogP contribution < -0.4 is 0 Å². The molecule has 7 heteroatoms. The molecule has 0 saturated heterocycles. The molecule has 3 nitrogen and oxygen atoms in total. The van der Waals surface area contributed by atoms with Gasteiger partial charge in [0.2, 0.25) is 0 Å². The lowest BCUT2D eigenvalue weighted by Crippen LogP contribution is -2.09. The van der Waals surface area contributed by atoms with E-state index in [1.807, 2.05) is 0 Å². The molecule has 0 radical (unpaired) electrons. The maximum absolute atomic E-state index is 12.5. The number of nitrogens with zero attached hydrogens (tertiary/aromatic N) is 1. The van der Waals surface area contributed by atoms with Crippen molar-refractivity contribution in [1.29, 1.82) is 0 Å². The predicted molar refractivity (Wildman–Crippen MR) is 58.4 cm³/mol. The molecule has 0 aromatic carbocycles. The Morgan fingerprint density at radius 3 is 2.67 bits per heavy atom. The molecule has 0 aliphatic carbocycles. The minimum Gasteiger partial charge on any atom is -0.476 e. The first-order chi connectivity index (χ1) is 6.97. The highest BCUT2D eigenvalue weighted by Crippen LogP contribution is 2.25. The van der Waals surface area contributed by atoms with Crippen LogP contribution in [0, 0.1) is 3.57 Å². The van der Waals surface area contributed by atoms with Crippen LogP contribution in [0.5, 0.6) is 0 Å². The van der Waals surface area contributed by atoms with E-state index < -0.39 is 23.7 Å². The zero-order valence-corrected chi connectivity index (χ0v) is 10.1. The largest absolute Gasteiger partial charge is 0.476 e. The maximum Gasteiger partial charge on any atom is 0.355 e. The first kappa shape index (κ1) is 12.6. The third kappa shape index (κ3) is 2.75. The first-order valence-electron chi connectivity index (χ1n) is 3.74. The lowest BCUT2D eigenvalue weighted by atomic mass is 10.2. The number of aromatic nitrogens is 1. The second kappa shape index (κ2) is 5.02. The summed E-state index contributed by atoms with van der Waals surface area (Å²) in [6, 6.07) is 1.10. The van der Waals surface area contributed by atoms with Crippen LogP contribution in [-0.4, -0.2) is 16.1 Å². The number of alkyl halides is 3. The quantitative estimate of drug-likeness (QED) is 0.675. The smallest absolute Gasteiger partial charge is 0.355 e. The predicted octanol–water partition coefficient (Wildman–Crippen LogP) is 3.06. The van der Waals surface area contributed by atoms with E-state index in [1.165, 1.54) is 0 Å². The number of halogens is 4. The Hall–Kier alpha value is -0.500. The van der Waals surface area contributed by atoms with E-state index in [0.29, 0.717) is 9.26 Å². The van der Waals surface area contributed by atoms with Crippen molar-refractivity contribution in [3.8, 4) is 0 Å². The monoisotopic (exact) mass is 347 g/mol. The molecule has 0 amide bonds. The molecule has 15 heavy (non-hydrogen) atoms. The van der Waals surface area contributed by atoms with Crippen LogP contribution in [0.25, 0.3) is 0 Å². The van der Waals surface area contributed by atoms with Crippen LogP contribution >= 0.6 is 34.2 Å². The van der Waals surface area contributed by atoms with Gasteiger partial charge in [-0.1, -0.05) is 0 Å². The van der Waals surface area contributed by atoms with Crippen LogP contribution in [-0.2, 0) is 5.88 Å². The van der Waals surface area contributed by atoms with Crippen molar-refractivity contribution >= 4 is 40.2 Å². The fraction of sp³-hybridized carbons (Fsp3) is 0.250. The summed E-state index contributed by atoms with van der Waals surface area (Å²) in [5.41, 5.74) is -0.930. The van der Waals surface area contributed by atoms with E-state index in [-0.39, 0.29) is 5.88 Å². The molecule has 0 unspecified atom stereocenters. The molecular formula is C8H5ClF2INO2. The summed E-state index contributed by atoms with van der Waals surface area (Å²) in [6.45, 7) is 0. The lowest BCUT2D eigenvalue weighted by Gasteiger charge is -2.07. The number of hydrogen-bond donors (Lipinski definition) is 1. The van der Waals surface area contributed by atoms with Crippen molar-refractivity contribution in [2.24, 2.45) is 0 Å². The molecule has 0 bridgehead atoms. The van der Waals surface area contributed by atoms with Gasteiger partial charge >= 0.3 is 5.97 Å². The van der Waals surface area contributed by atoms with E-state index >= 15 is 0 Å². The van der Waals surface area contributed by atoms with Gasteiger partial charge in [0.25, 0.3) is 6.43 Å². The molecule has 0 spiro atoms. The summed E-state index contributed by atoms with van der Waals surface area (Å²) in [6.07, 6.45) is -2.86. The van der Waals surface area contributed by atoms with E-state index in [9.17, 15) is 13.6 Å². The van der Waals surface area contributed by atoms with Crippen LogP contribution in [0.2, 0.25) is 0 Å². The van der Waals surface area contributed by atoms with Crippen LogP contribution in [0.1, 0.15) is 28.2 Å². The fourth-order valence-electron chi connectivity index (χ4n) is 0.972. The number of rotatable bonds is 3. The number of carboxylic acids is 1. The molecule has 82 valence electrons. The van der Waals surface area contributed by atoms with Crippen molar-refractivity contribution in [1.82, 2.24) is 4.98 Å². The second-order valence-electron chi connectivity index (χ2n) is 2.59. The number of aromatic carboxylic acids is 1. The van der Waals surface area contributed by atoms with Crippen LogP contribution in [0.15, 0.2) is 6.07 Å². The summed E-state index contributed by atoms with van der Waals surface area (Å²) in [4.78, 5) is 14.3. The highest BCUT2D eigenvalue weighted by atomic mass is 127. The molecule has 1 heterocycles. The topological polar surface area (TPSA) is 50.2 Å². The lowest BCUT2D eigenvalue weighted by molar-refractivity contribution is 0.0676. The summed E-state index contributed by atoms with van der Waals surface area (Å²) in [5.74, 6) is -1.49. The van der Waals surface area contributed by atoms with Gasteiger partial charge in [-0.15, -0.1) is 11.6 Å². The molecular weight excluding hydrogens is 342 g/mol. The van der Waals surface area contributed by atoms with Gasteiger partial charge in [0.15, 0.2) is 5.69 Å². The number of hydrogen-bond acceptors (Lipinski definition) is 2. The normalized spacial score (nSPS) is 10.7. The van der Waals surface area contributed by atoms with Crippen LogP contribution in [0.3, 0.4) is 0 Å². The molecule has 0 saturated carbocycles. The minimum atomic E-state index is -2.86. The SMILES string of the molecule is O=C(O)c1nc(CCl)c(I)cc1C(F)F. The molecule has 1 aromatic rings. The summed E-state index contributed by atoms with van der Waals surface area (Å²) in [5, 5.41) is 8.68. The molecule has 0 aliphatic heterocycles. The highest BCUT2D eigenvalue weighted by molar-refractivity contribution is 14.1. The van der Waals surface area contributed by atoms with Crippen molar-refractivity contribution in [2.75, 3.05) is 0 Å². The van der Waals surface area contributed by atoms with Gasteiger partial charge < -0.3 is 5.11 Å². The average Bonchev–Trinajstić information content (AvgIpc) is 2.16. The van der Waals surface area contributed by atoms with E-state index in [2.05, 4.69) is 4.98 Å². The number of carbonyl (C=O) groups is 1. The molecule has 0 aliphatic rings. The van der Waals surface area contributed by atoms with Gasteiger partial charge in [0.1, 0.15) is 0 Å². The van der Waals surface area contributed by atoms with Gasteiger partial charge in [-0.05, 0) is 28.7 Å². The Balaban J connectivity index is 3.39. The standard InChI is InChI=1S/C8H5ClF2INO2/c9-2-5-4(12)1-3(7(10)11)6(13-5)8(14)15/h1,7H,2H2,(H,14,15). The highest BCUT2D eigenvalue weighted by Gasteiger charge is 2.21. The third-order valence-electron chi connectivity index (χ3n) is 1.64. The van der Waals surface area contributed by atoms with Crippen molar-refractivity contribution in [3.63, 3.8) is 0 Å². The van der Waals surface area contributed by atoms with Gasteiger partial charge in [-0.25, -0.2) is 18.6 Å². The molecule has 1 rings (SSSR count). The molecule has 0 fully saturated rings. The molecule has 1 N–H and O–H groups in total. The van der Waals surface area contributed by atoms with E-state index in [4.69, 9.17) is 16.7 Å². The minimum absolute atomic E-state index is 0.0118. The zero-order valence-electron chi connectivity index (χ0n) is 7.18. The second-order valence-corrected chi connectivity index (χ2v) is 4.02. The van der Waals surface area contributed by atoms with E-state index in [0.717, 1.165) is 6.07 Å². The van der Waals surface area contributed by atoms with Gasteiger partial charge in [-0.2, -0.15) is 0 Å².